The lowest BCUT2D eigenvalue weighted by Gasteiger charge is -1.99. The summed E-state index contributed by atoms with van der Waals surface area (Å²) in [6, 6.07) is 5.60. The first-order valence-corrected chi connectivity index (χ1v) is 3.81. The third-order valence-electron chi connectivity index (χ3n) is 1.16. The number of hydrogen-bond acceptors (Lipinski definition) is 3. The second-order valence-electron chi connectivity index (χ2n) is 1.89. The van der Waals surface area contributed by atoms with Crippen molar-refractivity contribution in [2.24, 2.45) is 0 Å². The largest absolute Gasteiger partial charge is 0.386 e. The zero-order chi connectivity index (χ0) is 7.40. The third-order valence-corrected chi connectivity index (χ3v) is 2.13. The number of rotatable bonds is 2. The maximum absolute atomic E-state index is 9.20. The van der Waals surface area contributed by atoms with Crippen LogP contribution in [0.5, 0.6) is 0 Å². The van der Waals surface area contributed by atoms with Gasteiger partial charge in [0.05, 0.1) is 12.5 Å². The Morgan fingerprint density at radius 1 is 1.80 bits per heavy atom. The first-order chi connectivity index (χ1) is 4.84. The highest BCUT2D eigenvalue weighted by Crippen LogP contribution is 2.20. The molecule has 10 heavy (non-hydrogen) atoms. The van der Waals surface area contributed by atoms with Crippen LogP contribution in [-0.4, -0.2) is 5.11 Å². The predicted molar refractivity (Wildman–Crippen MR) is 39.5 cm³/mol. The van der Waals surface area contributed by atoms with Crippen LogP contribution >= 0.6 is 11.3 Å². The van der Waals surface area contributed by atoms with E-state index in [1.54, 1.807) is 0 Å². The summed E-state index contributed by atoms with van der Waals surface area (Å²) >= 11 is 1.47. The third kappa shape index (κ3) is 1.56. The van der Waals surface area contributed by atoms with E-state index in [1.165, 1.54) is 11.3 Å². The average Bonchev–Trinajstić information content (AvgIpc) is 2.38. The molecule has 0 spiro atoms. The van der Waals surface area contributed by atoms with E-state index in [0.717, 1.165) is 4.88 Å². The van der Waals surface area contributed by atoms with E-state index in [9.17, 15) is 5.11 Å². The highest BCUT2D eigenvalue weighted by molar-refractivity contribution is 7.10. The highest BCUT2D eigenvalue weighted by atomic mass is 32.1. The van der Waals surface area contributed by atoms with Gasteiger partial charge >= 0.3 is 0 Å². The second kappa shape index (κ2) is 3.35. The van der Waals surface area contributed by atoms with Crippen molar-refractivity contribution in [3.8, 4) is 6.07 Å². The summed E-state index contributed by atoms with van der Waals surface area (Å²) < 4.78 is 0. The molecule has 0 aliphatic rings. The van der Waals surface area contributed by atoms with Crippen LogP contribution < -0.4 is 0 Å². The zero-order valence-electron chi connectivity index (χ0n) is 5.32. The molecule has 1 aromatic heterocycles. The van der Waals surface area contributed by atoms with Crippen LogP contribution in [0.25, 0.3) is 0 Å². The van der Waals surface area contributed by atoms with Crippen molar-refractivity contribution < 1.29 is 5.11 Å². The van der Waals surface area contributed by atoms with Crippen molar-refractivity contribution in [3.05, 3.63) is 22.4 Å². The molecule has 1 aromatic rings. The molecule has 3 heteroatoms. The maximum Gasteiger partial charge on any atom is 0.101 e. The number of nitrogens with zero attached hydrogens (tertiary/aromatic N) is 1. The molecular weight excluding hydrogens is 146 g/mol. The van der Waals surface area contributed by atoms with Crippen molar-refractivity contribution in [3.63, 3.8) is 0 Å². The van der Waals surface area contributed by atoms with Gasteiger partial charge in [-0.3, -0.25) is 0 Å². The summed E-state index contributed by atoms with van der Waals surface area (Å²) in [6.07, 6.45) is -0.412. The number of aliphatic hydroxyl groups is 1. The molecule has 0 saturated heterocycles. The lowest BCUT2D eigenvalue weighted by molar-refractivity contribution is 0.187. The van der Waals surface area contributed by atoms with Gasteiger partial charge in [0.2, 0.25) is 0 Å². The summed E-state index contributed by atoms with van der Waals surface area (Å²) in [6.45, 7) is 0. The van der Waals surface area contributed by atoms with Gasteiger partial charge in [0.15, 0.2) is 0 Å². The Labute approximate surface area is 63.4 Å². The molecule has 0 aliphatic heterocycles. The molecule has 0 fully saturated rings. The van der Waals surface area contributed by atoms with E-state index < -0.39 is 6.10 Å². The van der Waals surface area contributed by atoms with Crippen LogP contribution in [0.1, 0.15) is 17.4 Å². The van der Waals surface area contributed by atoms with E-state index >= 15 is 0 Å². The van der Waals surface area contributed by atoms with Gasteiger partial charge in [-0.25, -0.2) is 0 Å². The van der Waals surface area contributed by atoms with Crippen LogP contribution in [0.2, 0.25) is 0 Å². The monoisotopic (exact) mass is 153 g/mol. The zero-order valence-corrected chi connectivity index (χ0v) is 6.14. The summed E-state index contributed by atoms with van der Waals surface area (Å²) in [7, 11) is 0. The number of aliphatic hydroxyl groups excluding tert-OH is 1. The van der Waals surface area contributed by atoms with Gasteiger partial charge in [-0.2, -0.15) is 5.26 Å². The van der Waals surface area contributed by atoms with Gasteiger partial charge in [0.1, 0.15) is 6.10 Å². The van der Waals surface area contributed by atoms with Gasteiger partial charge in [-0.05, 0) is 11.4 Å². The van der Waals surface area contributed by atoms with Crippen LogP contribution in [-0.2, 0) is 0 Å². The fourth-order valence-corrected chi connectivity index (χ4v) is 1.38. The summed E-state index contributed by atoms with van der Waals surface area (Å²) in [5.41, 5.74) is 0. The lowest BCUT2D eigenvalue weighted by Crippen LogP contribution is -1.90. The summed E-state index contributed by atoms with van der Waals surface area (Å²) in [5, 5.41) is 19.3. The van der Waals surface area contributed by atoms with Crippen molar-refractivity contribution >= 4 is 11.3 Å². The normalized spacial score (nSPS) is 12.4. The van der Waals surface area contributed by atoms with Crippen molar-refractivity contribution in [1.82, 2.24) is 0 Å². The summed E-state index contributed by atoms with van der Waals surface area (Å²) in [5.74, 6) is 0. The van der Waals surface area contributed by atoms with Crippen molar-refractivity contribution in [1.29, 1.82) is 5.26 Å². The molecule has 52 valence electrons. The maximum atomic E-state index is 9.20. The van der Waals surface area contributed by atoms with Gasteiger partial charge in [0, 0.05) is 4.88 Å². The van der Waals surface area contributed by atoms with Gasteiger partial charge in [-0.15, -0.1) is 11.3 Å². The highest BCUT2D eigenvalue weighted by Gasteiger charge is 2.05. The molecule has 0 unspecified atom stereocenters. The fourth-order valence-electron chi connectivity index (χ4n) is 0.668. The molecule has 0 amide bonds. The predicted octanol–water partition coefficient (Wildman–Crippen LogP) is 1.70. The quantitative estimate of drug-likeness (QED) is 0.702. The molecule has 1 rings (SSSR count). The first-order valence-electron chi connectivity index (χ1n) is 2.93. The van der Waals surface area contributed by atoms with Crippen LogP contribution in [0.15, 0.2) is 17.5 Å². The average molecular weight is 153 g/mol. The molecule has 0 radical (unpaired) electrons. The molecule has 1 atom stereocenters. The van der Waals surface area contributed by atoms with Crippen LogP contribution in [0.3, 0.4) is 0 Å². The van der Waals surface area contributed by atoms with E-state index in [2.05, 4.69) is 0 Å². The van der Waals surface area contributed by atoms with Crippen molar-refractivity contribution in [2.45, 2.75) is 12.5 Å². The van der Waals surface area contributed by atoms with Gasteiger partial charge in [-0.1, -0.05) is 6.07 Å². The molecule has 0 bridgehead atoms. The smallest absolute Gasteiger partial charge is 0.101 e. The Balaban J connectivity index is 2.61. The molecular formula is C7H7NOS. The van der Waals surface area contributed by atoms with E-state index in [4.69, 9.17) is 5.26 Å². The molecule has 1 heterocycles. The van der Waals surface area contributed by atoms with Crippen molar-refractivity contribution in [2.75, 3.05) is 0 Å². The number of nitriles is 1. The Morgan fingerprint density at radius 3 is 3.10 bits per heavy atom. The van der Waals surface area contributed by atoms with Crippen LogP contribution in [0.4, 0.5) is 0 Å². The molecule has 0 saturated carbocycles. The molecule has 0 aromatic carbocycles. The van der Waals surface area contributed by atoms with Gasteiger partial charge < -0.3 is 5.11 Å². The lowest BCUT2D eigenvalue weighted by atomic mass is 10.2. The number of thiophene rings is 1. The Kier molecular flexibility index (Phi) is 2.43. The second-order valence-corrected chi connectivity index (χ2v) is 2.87. The number of hydrogen-bond donors (Lipinski definition) is 1. The molecule has 2 nitrogen and oxygen atoms in total. The minimum absolute atomic E-state index is 0.181. The Bertz CT molecular complexity index is 224. The van der Waals surface area contributed by atoms with E-state index in [1.807, 2.05) is 23.6 Å². The molecule has 0 aliphatic carbocycles. The topological polar surface area (TPSA) is 44.0 Å². The minimum atomic E-state index is -0.593. The van der Waals surface area contributed by atoms with E-state index in [0.29, 0.717) is 0 Å². The Hall–Kier alpha value is -0.850. The van der Waals surface area contributed by atoms with Gasteiger partial charge in [0.25, 0.3) is 0 Å². The Morgan fingerprint density at radius 2 is 2.60 bits per heavy atom. The van der Waals surface area contributed by atoms with Crippen LogP contribution in [0, 0.1) is 11.3 Å². The standard InChI is InChI=1S/C7H7NOS/c8-4-3-6(9)7-2-1-5-10-7/h1-2,5-6,9H,3H2/t6-/m1/s1. The van der Waals surface area contributed by atoms with E-state index in [-0.39, 0.29) is 6.42 Å². The first kappa shape index (κ1) is 7.26. The summed E-state index contributed by atoms with van der Waals surface area (Å²) in [4.78, 5) is 0.863. The SMILES string of the molecule is N#CC[C@@H](O)c1cccs1. The molecule has 1 N–H and O–H groups in total. The minimum Gasteiger partial charge on any atom is -0.386 e. The fraction of sp³-hybridized carbons (Fsp3) is 0.286.